The van der Waals surface area contributed by atoms with Crippen LogP contribution in [0.3, 0.4) is 0 Å². The average molecular weight is 323 g/mol. The first kappa shape index (κ1) is 17.3. The van der Waals surface area contributed by atoms with Gasteiger partial charge in [-0.1, -0.05) is 0 Å². The van der Waals surface area contributed by atoms with Crippen molar-refractivity contribution in [3.63, 3.8) is 0 Å². The summed E-state index contributed by atoms with van der Waals surface area (Å²) in [5.74, 6) is -1.25. The molecule has 0 aliphatic heterocycles. The molecule has 5 heteroatoms. The third kappa shape index (κ3) is 4.92. The second-order valence-electron chi connectivity index (χ2n) is 3.27. The molecule has 0 spiro atoms. The van der Waals surface area contributed by atoms with E-state index in [0.717, 1.165) is 17.7 Å². The van der Waals surface area contributed by atoms with Gasteiger partial charge in [0.25, 0.3) is 0 Å². The molecule has 0 heterocycles. The van der Waals surface area contributed by atoms with Crippen molar-refractivity contribution in [3.8, 4) is 5.75 Å². The van der Waals surface area contributed by atoms with Gasteiger partial charge in [-0.2, -0.15) is 30.3 Å². The van der Waals surface area contributed by atoms with Crippen molar-refractivity contribution in [2.45, 2.75) is 6.61 Å². The van der Waals surface area contributed by atoms with E-state index in [0.29, 0.717) is 0 Å². The molecule has 2 aromatic carbocycles. The summed E-state index contributed by atoms with van der Waals surface area (Å²) in [4.78, 5) is 0. The molecular weight excluding hydrogens is 314 g/mol. The molecule has 0 saturated heterocycles. The maximum Gasteiger partial charge on any atom is 2.00 e. The maximum atomic E-state index is 13.2. The molecule has 1 nitrogen and oxygen atoms in total. The van der Waals surface area contributed by atoms with Gasteiger partial charge in [-0.25, -0.2) is 8.78 Å². The van der Waals surface area contributed by atoms with Gasteiger partial charge in [-0.3, -0.25) is 0 Å². The Kier molecular flexibility index (Phi) is 8.14. The van der Waals surface area contributed by atoms with Crippen LogP contribution in [0.25, 0.3) is 0 Å². The molecule has 0 aromatic heterocycles. The minimum atomic E-state index is -0.692. The van der Waals surface area contributed by atoms with E-state index in [-0.39, 0.29) is 52.4 Å². The fraction of sp³-hybridized carbons (Fsp3) is 0.0769. The summed E-state index contributed by atoms with van der Waals surface area (Å²) in [6.45, 7) is 0.247. The molecule has 0 aliphatic carbocycles. The van der Waals surface area contributed by atoms with Gasteiger partial charge in [0.05, 0.1) is 6.61 Å². The molecule has 0 bridgehead atoms. The first-order valence-electron chi connectivity index (χ1n) is 4.78. The number of benzene rings is 2. The normalized spacial score (nSPS) is 9.00. The Labute approximate surface area is 131 Å². The van der Waals surface area contributed by atoms with Gasteiger partial charge >= 0.3 is 23.1 Å². The molecule has 0 fully saturated rings. The van der Waals surface area contributed by atoms with Crippen LogP contribution < -0.4 is 21.7 Å². The summed E-state index contributed by atoms with van der Waals surface area (Å²) < 4.78 is 31.0. The summed E-state index contributed by atoms with van der Waals surface area (Å²) in [6.07, 6.45) is 0. The molecule has 0 atom stereocenters. The van der Waals surface area contributed by atoms with Crippen molar-refractivity contribution in [1.82, 2.24) is 0 Å². The van der Waals surface area contributed by atoms with Gasteiger partial charge in [-0.05, 0) is 12.1 Å². The molecular formula is C13H9BrF2MgO. The molecule has 0 amide bonds. The van der Waals surface area contributed by atoms with Crippen LogP contribution in [0.15, 0.2) is 42.5 Å². The van der Waals surface area contributed by atoms with Gasteiger partial charge in [0.1, 0.15) is 5.82 Å². The molecule has 18 heavy (non-hydrogen) atoms. The van der Waals surface area contributed by atoms with Crippen molar-refractivity contribution in [2.75, 3.05) is 0 Å². The van der Waals surface area contributed by atoms with E-state index < -0.39 is 11.6 Å². The van der Waals surface area contributed by atoms with Crippen molar-refractivity contribution in [2.24, 2.45) is 0 Å². The van der Waals surface area contributed by atoms with Crippen LogP contribution in [-0.2, 0) is 6.61 Å². The average Bonchev–Trinajstić information content (AvgIpc) is 2.29. The van der Waals surface area contributed by atoms with Crippen molar-refractivity contribution in [1.29, 1.82) is 0 Å². The Morgan fingerprint density at radius 1 is 1.06 bits per heavy atom. The zero-order valence-corrected chi connectivity index (χ0v) is 12.5. The summed E-state index contributed by atoms with van der Waals surface area (Å²) in [7, 11) is 0. The van der Waals surface area contributed by atoms with E-state index in [1.807, 2.05) is 12.1 Å². The van der Waals surface area contributed by atoms with E-state index in [1.54, 1.807) is 12.1 Å². The fourth-order valence-corrected chi connectivity index (χ4v) is 1.27. The molecule has 0 N–H and O–H groups in total. The Morgan fingerprint density at radius 3 is 2.33 bits per heavy atom. The Morgan fingerprint density at radius 2 is 1.72 bits per heavy atom. The van der Waals surface area contributed by atoms with Crippen LogP contribution in [-0.4, -0.2) is 23.1 Å². The minimum Gasteiger partial charge on any atom is -1.00 e. The summed E-state index contributed by atoms with van der Waals surface area (Å²) in [6, 6.07) is 13.3. The molecule has 0 aliphatic rings. The number of ether oxygens (including phenoxy) is 1. The van der Waals surface area contributed by atoms with Crippen LogP contribution in [0.4, 0.5) is 8.78 Å². The topological polar surface area (TPSA) is 9.23 Å². The SMILES string of the molecule is Fc1ccc(OCc2cc[c-]cc2)c(F)c1.[Br-].[Mg+2]. The third-order valence-corrected chi connectivity index (χ3v) is 2.08. The molecule has 2 rings (SSSR count). The Balaban J connectivity index is 0.00000144. The second kappa shape index (κ2) is 8.45. The molecule has 90 valence electrons. The second-order valence-corrected chi connectivity index (χ2v) is 3.27. The Hall–Kier alpha value is -0.654. The number of halogens is 3. The van der Waals surface area contributed by atoms with Crippen LogP contribution in [0.2, 0.25) is 0 Å². The Bertz CT molecular complexity index is 480. The van der Waals surface area contributed by atoms with Gasteiger partial charge < -0.3 is 21.7 Å². The predicted octanol–water partition coefficient (Wildman–Crippen LogP) is -0.0328. The number of hydrogen-bond acceptors (Lipinski definition) is 1. The first-order chi connectivity index (χ1) is 7.75. The maximum absolute atomic E-state index is 13.2. The predicted molar refractivity (Wildman–Crippen MR) is 61.7 cm³/mol. The summed E-state index contributed by atoms with van der Waals surface area (Å²) in [5.41, 5.74) is 0.905. The van der Waals surface area contributed by atoms with Gasteiger partial charge in [0.15, 0.2) is 11.6 Å². The number of hydrogen-bond donors (Lipinski definition) is 0. The van der Waals surface area contributed by atoms with Gasteiger partial charge in [0.2, 0.25) is 0 Å². The van der Waals surface area contributed by atoms with Crippen LogP contribution >= 0.6 is 0 Å². The van der Waals surface area contributed by atoms with E-state index in [1.165, 1.54) is 6.07 Å². The zero-order valence-electron chi connectivity index (χ0n) is 9.50. The first-order valence-corrected chi connectivity index (χ1v) is 4.78. The minimum absolute atomic E-state index is 0. The monoisotopic (exact) mass is 322 g/mol. The standard InChI is InChI=1S/C13H9F2O.BrH.Mg/c14-11-6-7-13(12(15)8-11)16-9-10-4-2-1-3-5-10;;/h2-8H,9H2;1H;/q-1;;+2/p-1. The largest absolute Gasteiger partial charge is 2.00 e. The van der Waals surface area contributed by atoms with Crippen LogP contribution in [0.1, 0.15) is 5.56 Å². The molecule has 0 unspecified atom stereocenters. The fourth-order valence-electron chi connectivity index (χ4n) is 1.27. The van der Waals surface area contributed by atoms with E-state index in [2.05, 4.69) is 6.07 Å². The number of rotatable bonds is 3. The summed E-state index contributed by atoms with van der Waals surface area (Å²) in [5, 5.41) is 0. The van der Waals surface area contributed by atoms with E-state index in [4.69, 9.17) is 4.74 Å². The molecule has 2 aromatic rings. The smallest absolute Gasteiger partial charge is 1.00 e. The molecule has 0 radical (unpaired) electrons. The zero-order chi connectivity index (χ0) is 11.4. The van der Waals surface area contributed by atoms with Gasteiger partial charge in [-0.15, -0.1) is 5.56 Å². The van der Waals surface area contributed by atoms with Crippen molar-refractivity contribution >= 4 is 23.1 Å². The summed E-state index contributed by atoms with van der Waals surface area (Å²) >= 11 is 0. The van der Waals surface area contributed by atoms with E-state index >= 15 is 0 Å². The van der Waals surface area contributed by atoms with E-state index in [9.17, 15) is 8.78 Å². The van der Waals surface area contributed by atoms with Crippen molar-refractivity contribution < 1.29 is 30.5 Å². The third-order valence-electron chi connectivity index (χ3n) is 2.08. The quantitative estimate of drug-likeness (QED) is 0.569. The van der Waals surface area contributed by atoms with Crippen LogP contribution in [0.5, 0.6) is 5.75 Å². The van der Waals surface area contributed by atoms with Crippen molar-refractivity contribution in [3.05, 3.63) is 65.7 Å². The van der Waals surface area contributed by atoms with Crippen LogP contribution in [0, 0.1) is 17.7 Å². The molecule has 0 saturated carbocycles. The van der Waals surface area contributed by atoms with Gasteiger partial charge in [0, 0.05) is 6.07 Å².